The average molecular weight is 543 g/mol. The van der Waals surface area contributed by atoms with Crippen LogP contribution >= 0.6 is 0 Å². The van der Waals surface area contributed by atoms with Gasteiger partial charge in [-0.2, -0.15) is 35.1 Å². The topological polar surface area (TPSA) is 12.5 Å². The number of hydrogen-bond acceptors (Lipinski definition) is 2. The van der Waals surface area contributed by atoms with Crippen LogP contribution < -0.4 is 26.0 Å². The Morgan fingerprint density at radius 3 is 1.92 bits per heavy atom. The Balaban J connectivity index is 1.67. The van der Waals surface area contributed by atoms with Gasteiger partial charge in [0.05, 0.1) is 5.56 Å². The Bertz CT molecular complexity index is 1670. The molecule has 1 aliphatic carbocycles. The fourth-order valence-corrected chi connectivity index (χ4v) is 5.83. The second-order valence-electron chi connectivity index (χ2n) is 9.66. The second-order valence-corrected chi connectivity index (χ2v) is 9.66. The lowest BCUT2D eigenvalue weighted by molar-refractivity contribution is -0.386. The van der Waals surface area contributed by atoms with Gasteiger partial charge in [-0.3, -0.25) is 0 Å². The lowest BCUT2D eigenvalue weighted by Gasteiger charge is -2.46. The van der Waals surface area contributed by atoms with E-state index in [-0.39, 0.29) is 16.9 Å². The van der Waals surface area contributed by atoms with Gasteiger partial charge in [-0.05, 0) is 46.7 Å². The fraction of sp³-hybridized carbons (Fsp3) is 0.143. The molecule has 0 aromatic heterocycles. The average Bonchev–Trinajstić information content (AvgIpc) is 2.92. The molecule has 4 aromatic carbocycles. The van der Waals surface area contributed by atoms with Gasteiger partial charge in [-0.25, -0.2) is 0 Å². The molecule has 2 aliphatic heterocycles. The number of para-hydroxylation sites is 3. The van der Waals surface area contributed by atoms with E-state index in [9.17, 15) is 17.6 Å². The number of hydrogen-bond donors (Lipinski definition) is 0. The van der Waals surface area contributed by atoms with Crippen LogP contribution in [0, 0.1) is 0 Å². The van der Waals surface area contributed by atoms with E-state index in [2.05, 4.69) is 0 Å². The van der Waals surface area contributed by atoms with Gasteiger partial charge in [0.25, 0.3) is 6.71 Å². The zero-order chi connectivity index (χ0) is 27.5. The third-order valence-corrected chi connectivity index (χ3v) is 7.61. The van der Waals surface area contributed by atoms with Crippen molar-refractivity contribution in [3.05, 3.63) is 96.1 Å². The van der Waals surface area contributed by atoms with Crippen molar-refractivity contribution in [2.24, 2.45) is 0 Å². The first-order valence-corrected chi connectivity index (χ1v) is 11.8. The van der Waals surface area contributed by atoms with Crippen LogP contribution in [0.5, 0.6) is 11.5 Å². The molecule has 0 saturated heterocycles. The highest BCUT2D eigenvalue weighted by Crippen LogP contribution is 2.67. The molecule has 0 spiro atoms. The molecule has 0 fully saturated rings. The maximum atomic E-state index is 15.4. The lowest BCUT2D eigenvalue weighted by atomic mass is 9.34. The summed E-state index contributed by atoms with van der Waals surface area (Å²) in [6.45, 7) is -0.887. The number of nitrogens with zero attached hydrogens (tertiary/aromatic N) is 1. The molecule has 7 rings (SSSR count). The number of fused-ring (bicyclic) bond motifs is 6. The van der Waals surface area contributed by atoms with Crippen molar-refractivity contribution in [3.63, 3.8) is 0 Å². The second kappa shape index (κ2) is 7.34. The summed E-state index contributed by atoms with van der Waals surface area (Å²) in [5.41, 5.74) is -2.15. The minimum atomic E-state index is -6.40. The first-order chi connectivity index (χ1) is 18.4. The molecule has 2 heterocycles. The standard InChI is InChI=1S/C28H14BF8NO/c30-25(31)16-14-20-23-24(22(16)26(32,33)28(36,37)27(25,34)35)39-21-13-7-5-11-18(21)29(23)17-10-4-6-12-19(17)38(20)15-8-2-1-3-9-15/h1-14H. The molecule has 2 nitrogen and oxygen atoms in total. The predicted octanol–water partition coefficient (Wildman–Crippen LogP) is 6.56. The summed E-state index contributed by atoms with van der Waals surface area (Å²) in [7, 11) is 0. The van der Waals surface area contributed by atoms with Gasteiger partial charge in [0.1, 0.15) is 11.5 Å². The smallest absolute Gasteiger partial charge is 0.383 e. The summed E-state index contributed by atoms with van der Waals surface area (Å²) in [6, 6.07) is 21.7. The van der Waals surface area contributed by atoms with E-state index in [1.54, 1.807) is 66.7 Å². The number of anilines is 3. The first-order valence-electron chi connectivity index (χ1n) is 11.8. The molecule has 196 valence electrons. The Morgan fingerprint density at radius 2 is 1.21 bits per heavy atom. The van der Waals surface area contributed by atoms with Crippen LogP contribution in [0.4, 0.5) is 52.2 Å². The van der Waals surface area contributed by atoms with E-state index in [0.717, 1.165) is 0 Å². The summed E-state index contributed by atoms with van der Waals surface area (Å²) in [5, 5.41) is 0. The van der Waals surface area contributed by atoms with E-state index in [0.29, 0.717) is 28.4 Å². The molecule has 0 unspecified atom stereocenters. The van der Waals surface area contributed by atoms with Crippen molar-refractivity contribution in [2.75, 3.05) is 4.90 Å². The number of halogens is 8. The molecule has 0 amide bonds. The predicted molar refractivity (Wildman–Crippen MR) is 130 cm³/mol. The molecule has 0 saturated carbocycles. The minimum Gasteiger partial charge on any atom is -0.458 e. The zero-order valence-electron chi connectivity index (χ0n) is 19.5. The Kier molecular flexibility index (Phi) is 4.53. The van der Waals surface area contributed by atoms with Crippen LogP contribution in [0.25, 0.3) is 0 Å². The van der Waals surface area contributed by atoms with Gasteiger partial charge in [0.2, 0.25) is 0 Å². The SMILES string of the molecule is FC1(F)c2cc3c4c(c2C(F)(F)C(F)(F)C1(F)F)Oc1ccccc1B4c1ccccc1N3c1ccccc1. The normalized spacial score (nSPS) is 20.2. The lowest BCUT2D eigenvalue weighted by Crippen LogP contribution is -2.65. The highest BCUT2D eigenvalue weighted by molar-refractivity contribution is 6.99. The highest BCUT2D eigenvalue weighted by Gasteiger charge is 2.86. The van der Waals surface area contributed by atoms with Crippen LogP contribution in [0.2, 0.25) is 0 Å². The molecule has 0 atom stereocenters. The molecular weight excluding hydrogens is 529 g/mol. The molecular formula is C28H14BF8NO. The molecule has 4 aromatic rings. The molecule has 3 aliphatic rings. The Labute approximate surface area is 216 Å². The summed E-state index contributed by atoms with van der Waals surface area (Å²) < 4.78 is 125. The Hall–Kier alpha value is -4.02. The largest absolute Gasteiger partial charge is 0.458 e. The third kappa shape index (κ3) is 2.72. The number of alkyl halides is 8. The molecule has 0 bridgehead atoms. The summed E-state index contributed by atoms with van der Waals surface area (Å²) in [5.74, 6) is -25.1. The van der Waals surface area contributed by atoms with Gasteiger partial charge in [0, 0.05) is 22.6 Å². The number of ether oxygens (including phenoxy) is 1. The van der Waals surface area contributed by atoms with Gasteiger partial charge in [0.15, 0.2) is 0 Å². The zero-order valence-corrected chi connectivity index (χ0v) is 19.5. The quantitative estimate of drug-likeness (QED) is 0.172. The highest BCUT2D eigenvalue weighted by atomic mass is 19.4. The maximum absolute atomic E-state index is 15.4. The van der Waals surface area contributed by atoms with E-state index >= 15 is 17.6 Å². The molecule has 0 radical (unpaired) electrons. The van der Waals surface area contributed by atoms with Crippen LogP contribution in [0.1, 0.15) is 11.1 Å². The summed E-state index contributed by atoms with van der Waals surface area (Å²) >= 11 is 0. The molecule has 39 heavy (non-hydrogen) atoms. The third-order valence-electron chi connectivity index (χ3n) is 7.61. The molecule has 0 N–H and O–H groups in total. The number of rotatable bonds is 1. The van der Waals surface area contributed by atoms with Crippen molar-refractivity contribution >= 4 is 40.2 Å². The van der Waals surface area contributed by atoms with Crippen molar-refractivity contribution in [1.82, 2.24) is 0 Å². The summed E-state index contributed by atoms with van der Waals surface area (Å²) in [6.07, 6.45) is 0. The van der Waals surface area contributed by atoms with E-state index in [4.69, 9.17) is 4.74 Å². The fourth-order valence-electron chi connectivity index (χ4n) is 5.83. The van der Waals surface area contributed by atoms with Gasteiger partial charge < -0.3 is 9.64 Å². The monoisotopic (exact) mass is 543 g/mol. The van der Waals surface area contributed by atoms with Crippen molar-refractivity contribution in [1.29, 1.82) is 0 Å². The van der Waals surface area contributed by atoms with Gasteiger partial charge in [-0.15, -0.1) is 0 Å². The van der Waals surface area contributed by atoms with Crippen molar-refractivity contribution in [3.8, 4) is 11.5 Å². The van der Waals surface area contributed by atoms with Gasteiger partial charge in [-0.1, -0.05) is 54.6 Å². The van der Waals surface area contributed by atoms with Crippen LogP contribution in [0.3, 0.4) is 0 Å². The Morgan fingerprint density at radius 1 is 0.615 bits per heavy atom. The summed E-state index contributed by atoms with van der Waals surface area (Å²) in [4.78, 5) is 1.46. The van der Waals surface area contributed by atoms with Crippen LogP contribution in [0.15, 0.2) is 84.9 Å². The van der Waals surface area contributed by atoms with Crippen molar-refractivity contribution < 1.29 is 39.9 Å². The molecule has 11 heteroatoms. The number of benzene rings is 4. The maximum Gasteiger partial charge on any atom is 0.383 e. The van der Waals surface area contributed by atoms with Crippen LogP contribution in [-0.2, 0) is 11.8 Å². The first kappa shape index (κ1) is 24.1. The van der Waals surface area contributed by atoms with E-state index < -0.39 is 47.3 Å². The van der Waals surface area contributed by atoms with E-state index in [1.165, 1.54) is 17.0 Å². The van der Waals surface area contributed by atoms with E-state index in [1.807, 2.05) is 0 Å². The minimum absolute atomic E-state index is 0.0305. The van der Waals surface area contributed by atoms with Crippen molar-refractivity contribution in [2.45, 2.75) is 23.7 Å². The van der Waals surface area contributed by atoms with Crippen LogP contribution in [-0.4, -0.2) is 18.6 Å². The van der Waals surface area contributed by atoms with Gasteiger partial charge >= 0.3 is 23.7 Å².